The summed E-state index contributed by atoms with van der Waals surface area (Å²) in [6.45, 7) is 2.08. The molecule has 2 aromatic rings. The first-order valence-corrected chi connectivity index (χ1v) is 11.8. The Morgan fingerprint density at radius 2 is 2.23 bits per heavy atom. The highest BCUT2D eigenvalue weighted by atomic mass is 127. The smallest absolute Gasteiger partial charge is 0.309 e. The zero-order chi connectivity index (χ0) is 22.1. The lowest BCUT2D eigenvalue weighted by molar-refractivity contribution is -0.135. The van der Waals surface area contributed by atoms with Crippen LogP contribution in [-0.2, 0) is 9.22 Å². The highest BCUT2D eigenvalue weighted by molar-refractivity contribution is 14.1. The van der Waals surface area contributed by atoms with Crippen molar-refractivity contribution in [2.24, 2.45) is 0 Å². The van der Waals surface area contributed by atoms with Crippen LogP contribution in [0.4, 0.5) is 18.9 Å². The molecule has 0 radical (unpaired) electrons. The minimum Gasteiger partial charge on any atom is -0.309 e. The van der Waals surface area contributed by atoms with Gasteiger partial charge in [-0.15, -0.1) is 0 Å². The number of carbonyl (C=O) groups is 1. The largest absolute Gasteiger partial charge is 0.390 e. The average Bonchev–Trinajstić information content (AvgIpc) is 3.12. The molecule has 162 valence electrons. The van der Waals surface area contributed by atoms with Crippen LogP contribution in [0.15, 0.2) is 30.7 Å². The lowest BCUT2D eigenvalue weighted by Crippen LogP contribution is -2.34. The molecular formula is C19H21F3IN5OS. The average molecular weight is 551 g/mol. The van der Waals surface area contributed by atoms with Crippen molar-refractivity contribution in [2.75, 3.05) is 17.2 Å². The molecule has 30 heavy (non-hydrogen) atoms. The van der Waals surface area contributed by atoms with E-state index >= 15 is 0 Å². The molecule has 0 saturated heterocycles. The van der Waals surface area contributed by atoms with Gasteiger partial charge in [-0.05, 0) is 19.1 Å². The second kappa shape index (κ2) is 11.5. The summed E-state index contributed by atoms with van der Waals surface area (Å²) in [6.07, 6.45) is -0.588. The van der Waals surface area contributed by atoms with Gasteiger partial charge in [-0.2, -0.15) is 35.3 Å². The molecule has 0 aliphatic heterocycles. The molecule has 0 bridgehead atoms. The number of aromatic nitrogens is 3. The Kier molecular flexibility index (Phi) is 9.41. The van der Waals surface area contributed by atoms with Gasteiger partial charge in [0.05, 0.1) is 42.0 Å². The highest BCUT2D eigenvalue weighted by Crippen LogP contribution is 2.32. The molecule has 6 nitrogen and oxygen atoms in total. The van der Waals surface area contributed by atoms with E-state index in [4.69, 9.17) is 5.26 Å². The molecule has 0 aliphatic rings. The van der Waals surface area contributed by atoms with Crippen molar-refractivity contribution in [1.29, 1.82) is 5.26 Å². The van der Waals surface area contributed by atoms with Crippen molar-refractivity contribution in [3.05, 3.63) is 36.4 Å². The number of rotatable bonds is 10. The van der Waals surface area contributed by atoms with E-state index in [1.807, 2.05) is 12.1 Å². The van der Waals surface area contributed by atoms with Gasteiger partial charge in [0.2, 0.25) is 5.91 Å². The Hall–Kier alpha value is -1.81. The minimum absolute atomic E-state index is 0.140. The van der Waals surface area contributed by atoms with Crippen molar-refractivity contribution >= 4 is 45.9 Å². The van der Waals surface area contributed by atoms with Gasteiger partial charge < -0.3 is 4.90 Å². The Labute approximate surface area is 191 Å². The Morgan fingerprint density at radius 1 is 1.47 bits per heavy atom. The Morgan fingerprint density at radius 3 is 2.80 bits per heavy atom. The molecular weight excluding hydrogens is 530 g/mol. The van der Waals surface area contributed by atoms with Crippen molar-refractivity contribution < 1.29 is 18.0 Å². The fourth-order valence-corrected chi connectivity index (χ4v) is 4.50. The van der Waals surface area contributed by atoms with E-state index in [-0.39, 0.29) is 18.6 Å². The van der Waals surface area contributed by atoms with Crippen molar-refractivity contribution in [1.82, 2.24) is 14.8 Å². The predicted molar refractivity (Wildman–Crippen MR) is 119 cm³/mol. The van der Waals surface area contributed by atoms with Crippen molar-refractivity contribution in [3.8, 4) is 11.8 Å². The van der Waals surface area contributed by atoms with E-state index in [1.165, 1.54) is 4.90 Å². The van der Waals surface area contributed by atoms with Crippen molar-refractivity contribution in [3.63, 3.8) is 0 Å². The third-order valence-electron chi connectivity index (χ3n) is 4.14. The molecule has 1 amide bonds. The zero-order valence-corrected chi connectivity index (χ0v) is 19.2. The first kappa shape index (κ1) is 24.5. The van der Waals surface area contributed by atoms with Crippen LogP contribution in [0.3, 0.4) is 0 Å². The number of anilines is 1. The fraction of sp³-hybridized carbons (Fsp3) is 0.474. The maximum Gasteiger partial charge on any atom is 0.390 e. The van der Waals surface area contributed by atoms with E-state index in [9.17, 15) is 18.0 Å². The number of carbonyl (C=O) groups excluding carboxylic acids is 1. The summed E-state index contributed by atoms with van der Waals surface area (Å²) in [5.41, 5.74) is 1.97. The maximum atomic E-state index is 13.0. The molecule has 0 aliphatic carbocycles. The number of alkyl halides is 4. The topological polar surface area (TPSA) is 74.8 Å². The van der Waals surface area contributed by atoms with Gasteiger partial charge in [-0.1, -0.05) is 22.6 Å². The first-order chi connectivity index (χ1) is 14.3. The van der Waals surface area contributed by atoms with Gasteiger partial charge >= 0.3 is 6.18 Å². The van der Waals surface area contributed by atoms with Gasteiger partial charge in [0, 0.05) is 41.0 Å². The standard InChI is InChI=1S/C19H21F3IN5OS/c1-2-27(18(29)9-15(10-19(20,21)22)30-8-4-6-24)17-13-28(26-16(17)11-23)14-5-3-7-25-12-14/h3,5,7,12-13,15H,2,4,8-11H2,1H3. The van der Waals surface area contributed by atoms with E-state index in [1.54, 1.807) is 36.3 Å². The monoisotopic (exact) mass is 551 g/mol. The number of hydrogen-bond acceptors (Lipinski definition) is 5. The number of amides is 1. The third kappa shape index (κ3) is 7.16. The van der Waals surface area contributed by atoms with Crippen LogP contribution in [0.5, 0.6) is 0 Å². The lowest BCUT2D eigenvalue weighted by atomic mass is 10.2. The summed E-state index contributed by atoms with van der Waals surface area (Å²) in [5, 5.41) is 12.2. The van der Waals surface area contributed by atoms with Crippen LogP contribution in [-0.4, -0.2) is 44.4 Å². The van der Waals surface area contributed by atoms with Crippen LogP contribution in [0.25, 0.3) is 5.69 Å². The zero-order valence-electron chi connectivity index (χ0n) is 16.3. The number of thioether (sulfide) groups is 1. The molecule has 0 spiro atoms. The van der Waals surface area contributed by atoms with E-state index in [0.29, 0.717) is 22.4 Å². The lowest BCUT2D eigenvalue weighted by Gasteiger charge is -2.24. The molecule has 0 aromatic carbocycles. The summed E-state index contributed by atoms with van der Waals surface area (Å²) in [7, 11) is 0. The molecule has 2 heterocycles. The quantitative estimate of drug-likeness (QED) is 0.238. The first-order valence-electron chi connectivity index (χ1n) is 9.19. The van der Waals surface area contributed by atoms with Crippen LogP contribution < -0.4 is 4.90 Å². The minimum atomic E-state index is -4.37. The second-order valence-corrected chi connectivity index (χ2v) is 8.48. The van der Waals surface area contributed by atoms with E-state index in [2.05, 4.69) is 32.7 Å². The molecule has 2 aromatic heterocycles. The Bertz CT molecular complexity index is 869. The molecule has 1 atom stereocenters. The third-order valence-corrected chi connectivity index (χ3v) is 6.11. The number of nitrogens with zero attached hydrogens (tertiary/aromatic N) is 5. The van der Waals surface area contributed by atoms with Crippen LogP contribution in [0.2, 0.25) is 0 Å². The van der Waals surface area contributed by atoms with Crippen LogP contribution in [0.1, 0.15) is 31.9 Å². The Balaban J connectivity index is 2.23. The van der Waals surface area contributed by atoms with Gasteiger partial charge in [-0.25, -0.2) is 4.68 Å². The highest BCUT2D eigenvalue weighted by Gasteiger charge is 2.34. The summed E-state index contributed by atoms with van der Waals surface area (Å²) in [6, 6.07) is 5.51. The fourth-order valence-electron chi connectivity index (χ4n) is 2.85. The number of hydrogen-bond donors (Lipinski definition) is 0. The molecule has 0 saturated carbocycles. The second-order valence-electron chi connectivity index (χ2n) is 6.31. The summed E-state index contributed by atoms with van der Waals surface area (Å²) >= 11 is 3.15. The van der Waals surface area contributed by atoms with Gasteiger partial charge in [-0.3, -0.25) is 9.78 Å². The predicted octanol–water partition coefficient (Wildman–Crippen LogP) is 4.91. The van der Waals surface area contributed by atoms with Crippen molar-refractivity contribution in [2.45, 2.75) is 42.0 Å². The molecule has 0 N–H and O–H groups in total. The summed E-state index contributed by atoms with van der Waals surface area (Å²) in [5.74, 6) is -0.137. The van der Waals surface area contributed by atoms with Crippen LogP contribution in [0, 0.1) is 11.3 Å². The molecule has 0 fully saturated rings. The van der Waals surface area contributed by atoms with E-state index in [0.717, 1.165) is 17.4 Å². The van der Waals surface area contributed by atoms with Crippen LogP contribution >= 0.6 is 34.4 Å². The number of nitriles is 1. The maximum absolute atomic E-state index is 13.0. The normalized spacial score (nSPS) is 12.4. The summed E-state index contributed by atoms with van der Waals surface area (Å²) < 4.78 is 41.0. The van der Waals surface area contributed by atoms with Gasteiger partial charge in [0.25, 0.3) is 0 Å². The SMILES string of the molecule is CCN(C(=O)CC(CC(F)(F)F)SCCC#N)c1cn(-c2cccnc2)nc1CI. The number of pyridine rings is 1. The summed E-state index contributed by atoms with van der Waals surface area (Å²) in [4.78, 5) is 18.5. The van der Waals surface area contributed by atoms with E-state index < -0.39 is 23.8 Å². The van der Waals surface area contributed by atoms with Gasteiger partial charge in [0.15, 0.2) is 0 Å². The molecule has 1 unspecified atom stereocenters. The van der Waals surface area contributed by atoms with Gasteiger partial charge in [0.1, 0.15) is 0 Å². The molecule has 2 rings (SSSR count). The number of halogens is 4. The molecule has 11 heteroatoms.